The summed E-state index contributed by atoms with van der Waals surface area (Å²) in [5, 5.41) is 11.8. The van der Waals surface area contributed by atoms with Crippen molar-refractivity contribution in [3.8, 4) is 17.2 Å². The Bertz CT molecular complexity index is 982. The fraction of sp³-hybridized carbons (Fsp3) is 0.278. The van der Waals surface area contributed by atoms with E-state index in [4.69, 9.17) is 5.26 Å². The van der Waals surface area contributed by atoms with Crippen molar-refractivity contribution in [3.63, 3.8) is 0 Å². The second-order valence-corrected chi connectivity index (χ2v) is 7.55. The van der Waals surface area contributed by atoms with Crippen molar-refractivity contribution in [1.29, 1.82) is 5.26 Å². The Labute approximate surface area is 148 Å². The van der Waals surface area contributed by atoms with E-state index in [2.05, 4.69) is 42.0 Å². The van der Waals surface area contributed by atoms with Gasteiger partial charge in [0, 0.05) is 23.1 Å². The molecule has 0 saturated heterocycles. The van der Waals surface area contributed by atoms with Crippen LogP contribution in [0, 0.1) is 25.2 Å². The molecule has 0 amide bonds. The van der Waals surface area contributed by atoms with E-state index in [0.717, 1.165) is 28.1 Å². The molecule has 6 heteroatoms. The second-order valence-electron chi connectivity index (χ2n) is 5.61. The number of hydrogen-bond acceptors (Lipinski definition) is 5. The molecule has 0 fully saturated rings. The molecule has 0 bridgehead atoms. The van der Waals surface area contributed by atoms with Crippen LogP contribution in [0.3, 0.4) is 0 Å². The molecule has 24 heavy (non-hydrogen) atoms. The number of thioether (sulfide) groups is 1. The first-order valence-electron chi connectivity index (χ1n) is 7.69. The van der Waals surface area contributed by atoms with Gasteiger partial charge in [0.25, 0.3) is 5.56 Å². The summed E-state index contributed by atoms with van der Waals surface area (Å²) in [4.78, 5) is 20.7. The van der Waals surface area contributed by atoms with Crippen LogP contribution in [0.5, 0.6) is 0 Å². The maximum absolute atomic E-state index is 12.5. The molecule has 0 radical (unpaired) electrons. The summed E-state index contributed by atoms with van der Waals surface area (Å²) >= 11 is 2.98. The molecule has 0 aliphatic carbocycles. The number of hydrogen-bond donors (Lipinski definition) is 1. The summed E-state index contributed by atoms with van der Waals surface area (Å²) in [5.74, 6) is 0.775. The number of nitrogens with one attached hydrogen (secondary N) is 1. The van der Waals surface area contributed by atoms with Crippen LogP contribution in [0.1, 0.15) is 24.0 Å². The first kappa shape index (κ1) is 16.7. The van der Waals surface area contributed by atoms with E-state index in [0.29, 0.717) is 17.0 Å². The highest BCUT2D eigenvalue weighted by atomic mass is 32.2. The second kappa shape index (κ2) is 7.20. The van der Waals surface area contributed by atoms with E-state index in [1.165, 1.54) is 34.2 Å². The lowest BCUT2D eigenvalue weighted by molar-refractivity contribution is 0.951. The Morgan fingerprint density at radius 3 is 2.92 bits per heavy atom. The maximum Gasteiger partial charge on any atom is 0.260 e. The molecule has 0 aliphatic rings. The standard InChI is InChI=1S/C18H17N3OS2/c1-11-5-6-13(9-12(11)2)14-10-24-17-15(14)16(22)20-18(21-17)23-8-4-3-7-19/h5-6,9-10H,3-4,8H2,1-2H3,(H,20,21,22). The van der Waals surface area contributed by atoms with Crippen LogP contribution in [-0.4, -0.2) is 15.7 Å². The van der Waals surface area contributed by atoms with Crippen LogP contribution >= 0.6 is 23.1 Å². The van der Waals surface area contributed by atoms with Gasteiger partial charge < -0.3 is 4.98 Å². The van der Waals surface area contributed by atoms with E-state index in [1.807, 2.05) is 11.4 Å². The Morgan fingerprint density at radius 2 is 2.17 bits per heavy atom. The molecular formula is C18H17N3OS2. The molecule has 3 rings (SSSR count). The van der Waals surface area contributed by atoms with Crippen molar-refractivity contribution in [2.24, 2.45) is 0 Å². The normalized spacial score (nSPS) is 10.9. The molecule has 122 valence electrons. The number of fused-ring (bicyclic) bond motifs is 1. The molecule has 1 N–H and O–H groups in total. The number of nitrogens with zero attached hydrogens (tertiary/aromatic N) is 2. The SMILES string of the molecule is Cc1ccc(-c2csc3nc(SCCCC#N)[nH]c(=O)c23)cc1C. The molecule has 4 nitrogen and oxygen atoms in total. The lowest BCUT2D eigenvalue weighted by Crippen LogP contribution is -2.08. The first-order chi connectivity index (χ1) is 11.6. The van der Waals surface area contributed by atoms with Crippen molar-refractivity contribution in [2.75, 3.05) is 5.75 Å². The number of benzene rings is 1. The van der Waals surface area contributed by atoms with Gasteiger partial charge in [0.05, 0.1) is 11.5 Å². The molecule has 0 saturated carbocycles. The largest absolute Gasteiger partial charge is 0.301 e. The highest BCUT2D eigenvalue weighted by Gasteiger charge is 2.13. The number of aromatic amines is 1. The zero-order valence-corrected chi connectivity index (χ0v) is 15.2. The van der Waals surface area contributed by atoms with E-state index >= 15 is 0 Å². The van der Waals surface area contributed by atoms with Gasteiger partial charge in [-0.3, -0.25) is 4.79 Å². The summed E-state index contributed by atoms with van der Waals surface area (Å²) < 4.78 is 0. The Kier molecular flexibility index (Phi) is 5.03. The number of aryl methyl sites for hydroxylation is 2. The third-order valence-corrected chi connectivity index (χ3v) is 5.74. The molecule has 0 spiro atoms. The van der Waals surface area contributed by atoms with Gasteiger partial charge in [-0.2, -0.15) is 5.26 Å². The highest BCUT2D eigenvalue weighted by Crippen LogP contribution is 2.32. The quantitative estimate of drug-likeness (QED) is 0.410. The molecule has 2 aromatic heterocycles. The van der Waals surface area contributed by atoms with Gasteiger partial charge in [0.15, 0.2) is 5.16 Å². The first-order valence-corrected chi connectivity index (χ1v) is 9.55. The number of rotatable bonds is 5. The Hall–Kier alpha value is -2.10. The molecule has 0 atom stereocenters. The third-order valence-electron chi connectivity index (χ3n) is 3.91. The van der Waals surface area contributed by atoms with Crippen LogP contribution < -0.4 is 5.56 Å². The zero-order chi connectivity index (χ0) is 17.1. The minimum Gasteiger partial charge on any atom is -0.301 e. The number of nitriles is 1. The lowest BCUT2D eigenvalue weighted by atomic mass is 10.0. The van der Waals surface area contributed by atoms with Crippen molar-refractivity contribution in [3.05, 3.63) is 45.1 Å². The predicted molar refractivity (Wildman–Crippen MR) is 101 cm³/mol. The summed E-state index contributed by atoms with van der Waals surface area (Å²) in [6.07, 6.45) is 1.32. The van der Waals surface area contributed by atoms with Crippen LogP contribution in [0.15, 0.2) is 33.5 Å². The van der Waals surface area contributed by atoms with Crippen LogP contribution in [-0.2, 0) is 0 Å². The number of unbranched alkanes of at least 4 members (excludes halogenated alkanes) is 1. The Balaban J connectivity index is 1.96. The smallest absolute Gasteiger partial charge is 0.260 e. The number of H-pyrrole nitrogens is 1. The van der Waals surface area contributed by atoms with Crippen LogP contribution in [0.2, 0.25) is 0 Å². The summed E-state index contributed by atoms with van der Waals surface area (Å²) in [7, 11) is 0. The third kappa shape index (κ3) is 3.37. The fourth-order valence-electron chi connectivity index (χ4n) is 2.44. The van der Waals surface area contributed by atoms with Crippen LogP contribution in [0.4, 0.5) is 0 Å². The van der Waals surface area contributed by atoms with Gasteiger partial charge in [-0.15, -0.1) is 11.3 Å². The van der Waals surface area contributed by atoms with E-state index < -0.39 is 0 Å². The highest BCUT2D eigenvalue weighted by molar-refractivity contribution is 7.99. The lowest BCUT2D eigenvalue weighted by Gasteiger charge is -2.04. The summed E-state index contributed by atoms with van der Waals surface area (Å²) in [5.41, 5.74) is 4.33. The fourth-order valence-corrected chi connectivity index (χ4v) is 4.25. The van der Waals surface area contributed by atoms with Crippen molar-refractivity contribution < 1.29 is 0 Å². The maximum atomic E-state index is 12.5. The molecule has 0 unspecified atom stereocenters. The van der Waals surface area contributed by atoms with E-state index in [-0.39, 0.29) is 5.56 Å². The van der Waals surface area contributed by atoms with Gasteiger partial charge in [0.1, 0.15) is 4.83 Å². The number of thiophene rings is 1. The van der Waals surface area contributed by atoms with Crippen molar-refractivity contribution >= 4 is 33.3 Å². The molecule has 0 aliphatic heterocycles. The van der Waals surface area contributed by atoms with Crippen molar-refractivity contribution in [2.45, 2.75) is 31.8 Å². The minimum atomic E-state index is -0.0998. The molecule has 2 heterocycles. The number of aromatic nitrogens is 2. The molecular weight excluding hydrogens is 338 g/mol. The summed E-state index contributed by atoms with van der Waals surface area (Å²) in [6.45, 7) is 4.15. The minimum absolute atomic E-state index is 0.0998. The van der Waals surface area contributed by atoms with Crippen LogP contribution in [0.25, 0.3) is 21.3 Å². The van der Waals surface area contributed by atoms with Crippen molar-refractivity contribution in [1.82, 2.24) is 9.97 Å². The monoisotopic (exact) mass is 355 g/mol. The van der Waals surface area contributed by atoms with Gasteiger partial charge >= 0.3 is 0 Å². The summed E-state index contributed by atoms with van der Waals surface area (Å²) in [6, 6.07) is 8.36. The molecule has 1 aromatic carbocycles. The van der Waals surface area contributed by atoms with Gasteiger partial charge in [-0.25, -0.2) is 4.98 Å². The average Bonchev–Trinajstić information content (AvgIpc) is 2.99. The van der Waals surface area contributed by atoms with Gasteiger partial charge in [-0.1, -0.05) is 30.0 Å². The van der Waals surface area contributed by atoms with Gasteiger partial charge in [0.2, 0.25) is 0 Å². The predicted octanol–water partition coefficient (Wildman–Crippen LogP) is 4.66. The average molecular weight is 355 g/mol. The zero-order valence-electron chi connectivity index (χ0n) is 13.5. The van der Waals surface area contributed by atoms with Gasteiger partial charge in [-0.05, 0) is 37.0 Å². The molecule has 3 aromatic rings. The van der Waals surface area contributed by atoms with E-state index in [9.17, 15) is 4.79 Å². The van der Waals surface area contributed by atoms with E-state index in [1.54, 1.807) is 0 Å². The Morgan fingerprint density at radius 1 is 1.33 bits per heavy atom. The topological polar surface area (TPSA) is 69.5 Å².